The number of allylic oxidation sites excluding steroid dienone is 2. The zero-order chi connectivity index (χ0) is 12.4. The molecule has 0 aliphatic heterocycles. The third kappa shape index (κ3) is 2.51. The molecule has 0 saturated carbocycles. The molecule has 0 fully saturated rings. The number of hydrogen-bond acceptors (Lipinski definition) is 1. The Kier molecular flexibility index (Phi) is 3.51. The van der Waals surface area contributed by atoms with Crippen LogP contribution in [0.5, 0.6) is 5.75 Å². The van der Waals surface area contributed by atoms with Crippen LogP contribution in [0.1, 0.15) is 37.8 Å². The zero-order valence-electron chi connectivity index (χ0n) is 10.7. The maximum atomic E-state index is 13.9. The molecule has 0 atom stereocenters. The molecule has 1 aliphatic rings. The number of fused-ring (bicyclic) bond motifs is 1. The van der Waals surface area contributed by atoms with Gasteiger partial charge in [0, 0.05) is 6.07 Å². The fourth-order valence-corrected chi connectivity index (χ4v) is 2.40. The predicted octanol–water partition coefficient (Wildman–Crippen LogP) is 4.21. The third-order valence-corrected chi connectivity index (χ3v) is 3.16. The summed E-state index contributed by atoms with van der Waals surface area (Å²) in [7, 11) is 1.58. The standard InChI is InChI=1S/C15H19FO/c1-10(2)7-11-5-4-6-13-14(11)8-12(17-3)9-15(13)16/h5,8-10H,4,6-7H2,1-3H3. The van der Waals surface area contributed by atoms with Gasteiger partial charge in [0.25, 0.3) is 0 Å². The van der Waals surface area contributed by atoms with E-state index in [-0.39, 0.29) is 5.82 Å². The molecule has 1 aliphatic carbocycles. The van der Waals surface area contributed by atoms with E-state index in [0.29, 0.717) is 11.7 Å². The number of halogens is 1. The summed E-state index contributed by atoms with van der Waals surface area (Å²) in [6, 6.07) is 3.45. The van der Waals surface area contributed by atoms with Crippen LogP contribution >= 0.6 is 0 Å². The van der Waals surface area contributed by atoms with Crippen molar-refractivity contribution in [1.29, 1.82) is 0 Å². The van der Waals surface area contributed by atoms with Crippen LogP contribution in [0, 0.1) is 11.7 Å². The van der Waals surface area contributed by atoms with Crippen molar-refractivity contribution in [2.45, 2.75) is 33.1 Å². The Bertz CT molecular complexity index is 446. The molecule has 92 valence electrons. The van der Waals surface area contributed by atoms with Gasteiger partial charge in [0.15, 0.2) is 0 Å². The van der Waals surface area contributed by atoms with E-state index < -0.39 is 0 Å². The lowest BCUT2D eigenvalue weighted by atomic mass is 9.86. The summed E-state index contributed by atoms with van der Waals surface area (Å²) < 4.78 is 19.1. The van der Waals surface area contributed by atoms with Crippen molar-refractivity contribution in [2.24, 2.45) is 5.92 Å². The lowest BCUT2D eigenvalue weighted by molar-refractivity contribution is 0.410. The molecule has 1 aromatic carbocycles. The number of hydrogen-bond donors (Lipinski definition) is 0. The first-order valence-corrected chi connectivity index (χ1v) is 6.17. The first-order chi connectivity index (χ1) is 8.11. The highest BCUT2D eigenvalue weighted by atomic mass is 19.1. The number of benzene rings is 1. The summed E-state index contributed by atoms with van der Waals surface area (Å²) in [6.45, 7) is 4.37. The maximum absolute atomic E-state index is 13.9. The van der Waals surface area contributed by atoms with Crippen molar-refractivity contribution in [3.05, 3.63) is 35.2 Å². The van der Waals surface area contributed by atoms with Gasteiger partial charge >= 0.3 is 0 Å². The van der Waals surface area contributed by atoms with Crippen LogP contribution in [0.25, 0.3) is 5.57 Å². The number of rotatable bonds is 3. The first kappa shape index (κ1) is 12.2. The quantitative estimate of drug-likeness (QED) is 0.761. The second kappa shape index (κ2) is 4.91. The molecule has 0 heterocycles. The normalized spacial score (nSPS) is 14.5. The van der Waals surface area contributed by atoms with E-state index in [1.807, 2.05) is 6.07 Å². The van der Waals surface area contributed by atoms with Crippen LogP contribution < -0.4 is 4.74 Å². The Morgan fingerprint density at radius 1 is 1.35 bits per heavy atom. The van der Waals surface area contributed by atoms with Crippen LogP contribution in [0.3, 0.4) is 0 Å². The van der Waals surface area contributed by atoms with Gasteiger partial charge in [-0.25, -0.2) is 4.39 Å². The van der Waals surface area contributed by atoms with Crippen LogP contribution in [0.2, 0.25) is 0 Å². The number of ether oxygens (including phenoxy) is 1. The first-order valence-electron chi connectivity index (χ1n) is 6.17. The van der Waals surface area contributed by atoms with Crippen LogP contribution in [-0.2, 0) is 6.42 Å². The monoisotopic (exact) mass is 234 g/mol. The van der Waals surface area contributed by atoms with Crippen molar-refractivity contribution < 1.29 is 9.13 Å². The molecule has 1 nitrogen and oxygen atoms in total. The van der Waals surface area contributed by atoms with E-state index in [1.165, 1.54) is 11.6 Å². The molecule has 0 bridgehead atoms. The molecule has 0 radical (unpaired) electrons. The van der Waals surface area contributed by atoms with Gasteiger partial charge < -0.3 is 4.74 Å². The highest BCUT2D eigenvalue weighted by Gasteiger charge is 2.18. The molecule has 0 unspecified atom stereocenters. The van der Waals surface area contributed by atoms with Gasteiger partial charge in [-0.2, -0.15) is 0 Å². The van der Waals surface area contributed by atoms with E-state index in [2.05, 4.69) is 19.9 Å². The van der Waals surface area contributed by atoms with E-state index in [9.17, 15) is 4.39 Å². The molecule has 0 spiro atoms. The largest absolute Gasteiger partial charge is 0.497 e. The average molecular weight is 234 g/mol. The molecular weight excluding hydrogens is 215 g/mol. The molecule has 17 heavy (non-hydrogen) atoms. The second-order valence-corrected chi connectivity index (χ2v) is 5.00. The predicted molar refractivity (Wildman–Crippen MR) is 68.7 cm³/mol. The maximum Gasteiger partial charge on any atom is 0.130 e. The summed E-state index contributed by atoms with van der Waals surface area (Å²) in [5.74, 6) is 1.06. The zero-order valence-corrected chi connectivity index (χ0v) is 10.7. The van der Waals surface area contributed by atoms with E-state index in [4.69, 9.17) is 4.74 Å². The smallest absolute Gasteiger partial charge is 0.130 e. The Morgan fingerprint density at radius 2 is 2.12 bits per heavy atom. The minimum atomic E-state index is -0.131. The fourth-order valence-electron chi connectivity index (χ4n) is 2.40. The summed E-state index contributed by atoms with van der Waals surface area (Å²) in [5.41, 5.74) is 3.16. The molecule has 0 saturated heterocycles. The lowest BCUT2D eigenvalue weighted by Gasteiger charge is -2.20. The SMILES string of the molecule is COc1cc(F)c2c(c1)C(CC(C)C)=CCC2. The lowest BCUT2D eigenvalue weighted by Crippen LogP contribution is -2.05. The molecule has 2 heteroatoms. The van der Waals surface area contributed by atoms with Gasteiger partial charge in [0.1, 0.15) is 11.6 Å². The van der Waals surface area contributed by atoms with E-state index in [0.717, 1.165) is 30.4 Å². The van der Waals surface area contributed by atoms with Gasteiger partial charge in [-0.3, -0.25) is 0 Å². The molecule has 2 rings (SSSR count). The van der Waals surface area contributed by atoms with Gasteiger partial charge in [0.2, 0.25) is 0 Å². The Morgan fingerprint density at radius 3 is 2.76 bits per heavy atom. The Balaban J connectivity index is 2.44. The van der Waals surface area contributed by atoms with Crippen LogP contribution in [0.4, 0.5) is 4.39 Å². The van der Waals surface area contributed by atoms with Gasteiger partial charge in [0.05, 0.1) is 7.11 Å². The summed E-state index contributed by atoms with van der Waals surface area (Å²) in [5, 5.41) is 0. The van der Waals surface area contributed by atoms with Crippen molar-refractivity contribution >= 4 is 5.57 Å². The van der Waals surface area contributed by atoms with E-state index in [1.54, 1.807) is 7.11 Å². The van der Waals surface area contributed by atoms with Gasteiger partial charge in [-0.15, -0.1) is 0 Å². The van der Waals surface area contributed by atoms with Crippen molar-refractivity contribution in [2.75, 3.05) is 7.11 Å². The summed E-state index contributed by atoms with van der Waals surface area (Å²) in [4.78, 5) is 0. The minimum absolute atomic E-state index is 0.131. The fraction of sp³-hybridized carbons (Fsp3) is 0.467. The van der Waals surface area contributed by atoms with Crippen LogP contribution in [0.15, 0.2) is 18.2 Å². The summed E-state index contributed by atoms with van der Waals surface area (Å²) >= 11 is 0. The Labute approximate surface area is 102 Å². The topological polar surface area (TPSA) is 9.23 Å². The van der Waals surface area contributed by atoms with Gasteiger partial charge in [-0.05, 0) is 47.9 Å². The third-order valence-electron chi connectivity index (χ3n) is 3.16. The average Bonchev–Trinajstić information content (AvgIpc) is 2.29. The van der Waals surface area contributed by atoms with E-state index >= 15 is 0 Å². The van der Waals surface area contributed by atoms with Gasteiger partial charge in [-0.1, -0.05) is 19.9 Å². The molecule has 0 amide bonds. The van der Waals surface area contributed by atoms with Crippen molar-refractivity contribution in [3.63, 3.8) is 0 Å². The minimum Gasteiger partial charge on any atom is -0.497 e. The summed E-state index contributed by atoms with van der Waals surface area (Å²) in [6.07, 6.45) is 4.98. The molecule has 0 aromatic heterocycles. The molecule has 1 aromatic rings. The molecule has 0 N–H and O–H groups in total. The van der Waals surface area contributed by atoms with Crippen LogP contribution in [-0.4, -0.2) is 7.11 Å². The van der Waals surface area contributed by atoms with Crippen molar-refractivity contribution in [1.82, 2.24) is 0 Å². The molecular formula is C15H19FO. The highest BCUT2D eigenvalue weighted by Crippen LogP contribution is 2.35. The highest BCUT2D eigenvalue weighted by molar-refractivity contribution is 5.71. The second-order valence-electron chi connectivity index (χ2n) is 5.00. The Hall–Kier alpha value is -1.31. The number of methoxy groups -OCH3 is 1. The van der Waals surface area contributed by atoms with Crippen molar-refractivity contribution in [3.8, 4) is 5.75 Å².